The Balaban J connectivity index is 1.38. The van der Waals surface area contributed by atoms with Crippen molar-refractivity contribution in [1.82, 2.24) is 24.8 Å². The van der Waals surface area contributed by atoms with Crippen molar-refractivity contribution in [3.8, 4) is 0 Å². The summed E-state index contributed by atoms with van der Waals surface area (Å²) in [4.78, 5) is 20.5. The molecule has 23 heavy (non-hydrogen) atoms. The maximum absolute atomic E-state index is 12.9. The Hall–Kier alpha value is -2.54. The van der Waals surface area contributed by atoms with Crippen molar-refractivity contribution in [2.45, 2.75) is 6.54 Å². The Morgan fingerprint density at radius 1 is 1.04 bits per heavy atom. The van der Waals surface area contributed by atoms with E-state index in [1.165, 1.54) is 12.4 Å². The van der Waals surface area contributed by atoms with Crippen molar-refractivity contribution < 1.29 is 4.39 Å². The third kappa shape index (κ3) is 3.00. The number of para-hydroxylation sites is 2. The first kappa shape index (κ1) is 14.1. The van der Waals surface area contributed by atoms with Crippen LogP contribution in [0.25, 0.3) is 11.0 Å². The second-order valence-electron chi connectivity index (χ2n) is 5.67. The van der Waals surface area contributed by atoms with E-state index in [0.29, 0.717) is 5.95 Å². The van der Waals surface area contributed by atoms with Crippen LogP contribution in [0.15, 0.2) is 36.7 Å². The summed E-state index contributed by atoms with van der Waals surface area (Å²) in [5.41, 5.74) is 2.07. The Kier molecular flexibility index (Phi) is 3.63. The number of nitrogens with one attached hydrogen (secondary N) is 1. The van der Waals surface area contributed by atoms with Gasteiger partial charge in [-0.05, 0) is 12.1 Å². The highest BCUT2D eigenvalue weighted by molar-refractivity contribution is 5.74. The number of benzene rings is 1. The fourth-order valence-corrected chi connectivity index (χ4v) is 2.87. The number of rotatable bonds is 3. The summed E-state index contributed by atoms with van der Waals surface area (Å²) in [7, 11) is 0. The molecular formula is C16H17FN6. The van der Waals surface area contributed by atoms with Crippen LogP contribution in [0.3, 0.4) is 0 Å². The lowest BCUT2D eigenvalue weighted by Gasteiger charge is -2.34. The molecule has 6 nitrogen and oxygen atoms in total. The zero-order valence-corrected chi connectivity index (χ0v) is 12.6. The van der Waals surface area contributed by atoms with Gasteiger partial charge in [0.05, 0.1) is 30.0 Å². The van der Waals surface area contributed by atoms with Crippen LogP contribution in [-0.2, 0) is 6.54 Å². The van der Waals surface area contributed by atoms with Crippen LogP contribution < -0.4 is 4.90 Å². The van der Waals surface area contributed by atoms with Crippen molar-refractivity contribution in [3.05, 3.63) is 48.3 Å². The zero-order chi connectivity index (χ0) is 15.6. The molecule has 0 bridgehead atoms. The highest BCUT2D eigenvalue weighted by Gasteiger charge is 2.19. The van der Waals surface area contributed by atoms with Crippen molar-refractivity contribution in [2.75, 3.05) is 31.1 Å². The van der Waals surface area contributed by atoms with Gasteiger partial charge in [0, 0.05) is 26.2 Å². The van der Waals surface area contributed by atoms with Crippen molar-refractivity contribution in [3.63, 3.8) is 0 Å². The van der Waals surface area contributed by atoms with Gasteiger partial charge >= 0.3 is 0 Å². The molecule has 0 spiro atoms. The quantitative estimate of drug-likeness (QED) is 0.799. The van der Waals surface area contributed by atoms with E-state index < -0.39 is 5.82 Å². The van der Waals surface area contributed by atoms with Crippen LogP contribution in [0, 0.1) is 5.82 Å². The molecule has 4 rings (SSSR count). The summed E-state index contributed by atoms with van der Waals surface area (Å²) in [6.45, 7) is 4.25. The van der Waals surface area contributed by atoms with E-state index in [-0.39, 0.29) is 0 Å². The molecule has 7 heteroatoms. The molecule has 1 fully saturated rings. The molecule has 0 saturated carbocycles. The Morgan fingerprint density at radius 2 is 1.78 bits per heavy atom. The molecule has 1 N–H and O–H groups in total. The average molecular weight is 312 g/mol. The van der Waals surface area contributed by atoms with Crippen LogP contribution in [0.1, 0.15) is 5.82 Å². The highest BCUT2D eigenvalue weighted by atomic mass is 19.1. The smallest absolute Gasteiger partial charge is 0.225 e. The predicted molar refractivity (Wildman–Crippen MR) is 85.6 cm³/mol. The van der Waals surface area contributed by atoms with Gasteiger partial charge in [0.25, 0.3) is 0 Å². The van der Waals surface area contributed by atoms with Crippen LogP contribution in [-0.4, -0.2) is 51.0 Å². The van der Waals surface area contributed by atoms with Gasteiger partial charge in [-0.3, -0.25) is 4.90 Å². The molecule has 1 saturated heterocycles. The van der Waals surface area contributed by atoms with E-state index >= 15 is 0 Å². The van der Waals surface area contributed by atoms with E-state index in [1.807, 2.05) is 24.3 Å². The first-order chi connectivity index (χ1) is 11.3. The zero-order valence-electron chi connectivity index (χ0n) is 12.6. The summed E-state index contributed by atoms with van der Waals surface area (Å²) in [6.07, 6.45) is 2.42. The Morgan fingerprint density at radius 3 is 2.52 bits per heavy atom. The number of hydrogen-bond acceptors (Lipinski definition) is 5. The lowest BCUT2D eigenvalue weighted by molar-refractivity contribution is 0.244. The highest BCUT2D eigenvalue weighted by Crippen LogP contribution is 2.14. The van der Waals surface area contributed by atoms with Crippen molar-refractivity contribution >= 4 is 17.0 Å². The van der Waals surface area contributed by atoms with Crippen molar-refractivity contribution in [2.24, 2.45) is 0 Å². The second kappa shape index (κ2) is 5.92. The van der Waals surface area contributed by atoms with Gasteiger partial charge < -0.3 is 9.88 Å². The average Bonchev–Trinajstić information content (AvgIpc) is 2.98. The number of hydrogen-bond donors (Lipinski definition) is 1. The molecule has 1 aliphatic rings. The van der Waals surface area contributed by atoms with Gasteiger partial charge in [0.15, 0.2) is 5.82 Å². The Labute approximate surface area is 133 Å². The molecule has 0 unspecified atom stereocenters. The monoisotopic (exact) mass is 312 g/mol. The minimum absolute atomic E-state index is 0.405. The largest absolute Gasteiger partial charge is 0.341 e. The van der Waals surface area contributed by atoms with Gasteiger partial charge in [-0.15, -0.1) is 0 Å². The summed E-state index contributed by atoms with van der Waals surface area (Å²) in [6, 6.07) is 8.05. The van der Waals surface area contributed by atoms with E-state index in [2.05, 4.69) is 29.7 Å². The number of aromatic amines is 1. The lowest BCUT2D eigenvalue weighted by atomic mass is 10.3. The minimum atomic E-state index is -0.405. The number of imidazole rings is 1. The van der Waals surface area contributed by atoms with E-state index in [0.717, 1.165) is 49.6 Å². The molecule has 0 aliphatic carbocycles. The van der Waals surface area contributed by atoms with Crippen LogP contribution in [0.2, 0.25) is 0 Å². The number of piperazine rings is 1. The summed E-state index contributed by atoms with van der Waals surface area (Å²) in [5.74, 6) is 1.17. The predicted octanol–water partition coefficient (Wildman–Crippen LogP) is 1.81. The van der Waals surface area contributed by atoms with Crippen LogP contribution in [0.4, 0.5) is 10.3 Å². The standard InChI is InChI=1S/C16H17FN6/c17-12-9-18-16(19-10-12)23-7-5-22(6-8-23)11-15-20-13-3-1-2-4-14(13)21-15/h1-4,9-10H,5-8,11H2,(H,20,21). The molecule has 0 radical (unpaired) electrons. The molecule has 0 amide bonds. The maximum atomic E-state index is 12.9. The molecule has 3 aromatic rings. The summed E-state index contributed by atoms with van der Waals surface area (Å²) < 4.78 is 12.9. The molecule has 0 atom stereocenters. The van der Waals surface area contributed by atoms with Crippen LogP contribution >= 0.6 is 0 Å². The fourth-order valence-electron chi connectivity index (χ4n) is 2.87. The van der Waals surface area contributed by atoms with Crippen LogP contribution in [0.5, 0.6) is 0 Å². The van der Waals surface area contributed by atoms with Gasteiger partial charge in [-0.2, -0.15) is 0 Å². The topological polar surface area (TPSA) is 60.9 Å². The first-order valence-electron chi connectivity index (χ1n) is 7.66. The van der Waals surface area contributed by atoms with E-state index in [1.54, 1.807) is 0 Å². The number of aromatic nitrogens is 4. The second-order valence-corrected chi connectivity index (χ2v) is 5.67. The number of anilines is 1. The molecule has 1 aliphatic heterocycles. The fraction of sp³-hybridized carbons (Fsp3) is 0.312. The third-order valence-electron chi connectivity index (χ3n) is 4.07. The lowest BCUT2D eigenvalue weighted by Crippen LogP contribution is -2.46. The maximum Gasteiger partial charge on any atom is 0.225 e. The van der Waals surface area contributed by atoms with Gasteiger partial charge in [-0.1, -0.05) is 12.1 Å². The number of fused-ring (bicyclic) bond motifs is 1. The summed E-state index contributed by atoms with van der Waals surface area (Å²) in [5, 5.41) is 0. The minimum Gasteiger partial charge on any atom is -0.341 e. The molecule has 2 aromatic heterocycles. The SMILES string of the molecule is Fc1cnc(N2CCN(Cc3nc4ccccc4[nH]3)CC2)nc1. The third-order valence-corrected chi connectivity index (χ3v) is 4.07. The number of nitrogens with zero attached hydrogens (tertiary/aromatic N) is 5. The molecule has 118 valence electrons. The molecule has 1 aromatic carbocycles. The Bertz CT molecular complexity index is 759. The van der Waals surface area contributed by atoms with Crippen molar-refractivity contribution in [1.29, 1.82) is 0 Å². The normalized spacial score (nSPS) is 16.1. The summed E-state index contributed by atoms with van der Waals surface area (Å²) >= 11 is 0. The van der Waals surface area contributed by atoms with Gasteiger partial charge in [0.1, 0.15) is 5.82 Å². The molecule has 3 heterocycles. The number of H-pyrrole nitrogens is 1. The van der Waals surface area contributed by atoms with Gasteiger partial charge in [-0.25, -0.2) is 19.3 Å². The van der Waals surface area contributed by atoms with Gasteiger partial charge in [0.2, 0.25) is 5.95 Å². The van der Waals surface area contributed by atoms with E-state index in [9.17, 15) is 4.39 Å². The first-order valence-corrected chi connectivity index (χ1v) is 7.66. The number of halogens is 1. The molecular weight excluding hydrogens is 295 g/mol. The van der Waals surface area contributed by atoms with E-state index in [4.69, 9.17) is 0 Å².